The Bertz CT molecular complexity index is 4860. The molecule has 0 fully saturated rings. The van der Waals surface area contributed by atoms with E-state index in [1.807, 2.05) is 133 Å². The number of para-hydroxylation sites is 2. The van der Waals surface area contributed by atoms with Crippen LogP contribution in [0.25, 0.3) is 134 Å². The van der Waals surface area contributed by atoms with Crippen molar-refractivity contribution in [3.63, 3.8) is 0 Å². The monoisotopic (exact) mass is 1020 g/mol. The van der Waals surface area contributed by atoms with Gasteiger partial charge in [-0.2, -0.15) is 15.8 Å². The van der Waals surface area contributed by atoms with Gasteiger partial charge in [-0.05, 0) is 136 Å². The molecule has 80 heavy (non-hydrogen) atoms. The lowest BCUT2D eigenvalue weighted by Crippen LogP contribution is -2.04. The lowest BCUT2D eigenvalue weighted by molar-refractivity contribution is 1.06. The molecule has 0 saturated carbocycles. The number of hydrogen-bond donors (Lipinski definition) is 0. The molecule has 0 aliphatic heterocycles. The number of benzene rings is 11. The van der Waals surface area contributed by atoms with Crippen LogP contribution in [0.2, 0.25) is 0 Å². The molecule has 0 amide bonds. The van der Waals surface area contributed by atoms with Gasteiger partial charge in [0.05, 0.1) is 68.3 Å². The first-order valence-corrected chi connectivity index (χ1v) is 26.2. The van der Waals surface area contributed by atoms with Gasteiger partial charge in [0.15, 0.2) is 17.5 Å². The van der Waals surface area contributed by atoms with E-state index in [4.69, 9.17) is 15.0 Å². The number of nitriles is 3. The summed E-state index contributed by atoms with van der Waals surface area (Å²) in [5, 5.41) is 33.7. The summed E-state index contributed by atoms with van der Waals surface area (Å²) in [5.74, 6) is 1.59. The minimum absolute atomic E-state index is 0.500. The topological polar surface area (TPSA) is 120 Å². The van der Waals surface area contributed by atoms with Crippen LogP contribution in [0.4, 0.5) is 0 Å². The molecule has 0 aliphatic rings. The SMILES string of the molecule is N#Cc1ccc(-c2ccc(-n3c4ccccc4c4cc(-c5cccc(C#N)c5)ccc43)c(-c3ccc(-n4c5ccccc5c5cc(-c6cccc(C#N)c6)ccc54)c(-c4nc(-c5ccccc5)nc(-c5ccccc5)n4)c3)c2)cc1. The van der Waals surface area contributed by atoms with Gasteiger partial charge in [0.2, 0.25) is 0 Å². The van der Waals surface area contributed by atoms with Crippen molar-refractivity contribution in [2.45, 2.75) is 0 Å². The highest BCUT2D eigenvalue weighted by Gasteiger charge is 2.24. The van der Waals surface area contributed by atoms with Crippen molar-refractivity contribution in [2.24, 2.45) is 0 Å². The lowest BCUT2D eigenvalue weighted by atomic mass is 9.94. The molecule has 0 atom stereocenters. The molecule has 3 heterocycles. The lowest BCUT2D eigenvalue weighted by Gasteiger charge is -2.19. The van der Waals surface area contributed by atoms with Gasteiger partial charge in [-0.1, -0.05) is 158 Å². The Morgan fingerprint density at radius 3 is 1.16 bits per heavy atom. The maximum atomic E-state index is 9.83. The standard InChI is InChI=1S/C72H42N8/c73-43-46-25-27-49(28-26-46)54-29-33-66(79-64-23-9-7-21-58(64)61-40-55(30-34-67(61)79)52-19-11-13-47(37-52)44-74)60(39-54)57-32-36-69(63(42-57)72-77-70(50-15-3-1-4-16-50)76-71(78-72)51-17-5-2-6-18-51)80-65-24-10-8-22-59(65)62-41-56(31-35-68(62)80)53-20-12-14-48(38-53)45-75/h1-42H. The van der Waals surface area contributed by atoms with Crippen LogP contribution in [-0.2, 0) is 0 Å². The van der Waals surface area contributed by atoms with Crippen LogP contribution < -0.4 is 0 Å². The second kappa shape index (κ2) is 19.6. The number of aromatic nitrogens is 5. The van der Waals surface area contributed by atoms with Crippen molar-refractivity contribution in [3.8, 4) is 108 Å². The van der Waals surface area contributed by atoms with Gasteiger partial charge in [0, 0.05) is 43.8 Å². The van der Waals surface area contributed by atoms with Crippen LogP contribution >= 0.6 is 0 Å². The molecule has 8 nitrogen and oxygen atoms in total. The van der Waals surface area contributed by atoms with E-state index < -0.39 is 0 Å². The summed E-state index contributed by atoms with van der Waals surface area (Å²) >= 11 is 0. The third-order valence-electron chi connectivity index (χ3n) is 15.1. The average Bonchev–Trinajstić information content (AvgIpc) is 4.22. The fraction of sp³-hybridized carbons (Fsp3) is 0. The second-order valence-corrected chi connectivity index (χ2v) is 19.7. The second-order valence-electron chi connectivity index (χ2n) is 19.7. The van der Waals surface area contributed by atoms with Crippen LogP contribution in [0.3, 0.4) is 0 Å². The summed E-state index contributed by atoms with van der Waals surface area (Å²) in [7, 11) is 0. The molecule has 8 heteroatoms. The number of fused-ring (bicyclic) bond motifs is 6. The molecule has 0 aliphatic carbocycles. The Morgan fingerprint density at radius 1 is 0.250 bits per heavy atom. The molecule has 11 aromatic carbocycles. The zero-order chi connectivity index (χ0) is 53.7. The Morgan fingerprint density at radius 2 is 0.637 bits per heavy atom. The summed E-state index contributed by atoms with van der Waals surface area (Å²) < 4.78 is 4.67. The fourth-order valence-electron chi connectivity index (χ4n) is 11.2. The summed E-state index contributed by atoms with van der Waals surface area (Å²) in [5.41, 5.74) is 18.0. The Kier molecular flexibility index (Phi) is 11.5. The fourth-order valence-corrected chi connectivity index (χ4v) is 11.2. The van der Waals surface area contributed by atoms with E-state index in [0.717, 1.165) is 116 Å². The maximum Gasteiger partial charge on any atom is 0.166 e. The Labute approximate surface area is 460 Å². The average molecular weight is 1020 g/mol. The minimum Gasteiger partial charge on any atom is -0.309 e. The summed E-state index contributed by atoms with van der Waals surface area (Å²) in [4.78, 5) is 15.9. The molecule has 370 valence electrons. The van der Waals surface area contributed by atoms with E-state index in [2.05, 4.69) is 149 Å². The highest BCUT2D eigenvalue weighted by Crippen LogP contribution is 2.44. The molecule has 14 rings (SSSR count). The van der Waals surface area contributed by atoms with Gasteiger partial charge in [-0.3, -0.25) is 0 Å². The molecular formula is C72H42N8. The first-order valence-electron chi connectivity index (χ1n) is 26.2. The Balaban J connectivity index is 1.06. The smallest absolute Gasteiger partial charge is 0.166 e. The molecule has 0 radical (unpaired) electrons. The van der Waals surface area contributed by atoms with E-state index in [1.165, 1.54) is 0 Å². The third kappa shape index (κ3) is 8.20. The summed E-state index contributed by atoms with van der Waals surface area (Å²) in [6.45, 7) is 0. The van der Waals surface area contributed by atoms with Gasteiger partial charge in [0.1, 0.15) is 0 Å². The molecule has 0 N–H and O–H groups in total. The number of hydrogen-bond acceptors (Lipinski definition) is 6. The molecular weight excluding hydrogens is 977 g/mol. The van der Waals surface area contributed by atoms with Gasteiger partial charge in [0.25, 0.3) is 0 Å². The third-order valence-corrected chi connectivity index (χ3v) is 15.1. The quantitative estimate of drug-likeness (QED) is 0.142. The van der Waals surface area contributed by atoms with Crippen molar-refractivity contribution in [1.82, 2.24) is 24.1 Å². The highest BCUT2D eigenvalue weighted by molar-refractivity contribution is 6.12. The van der Waals surface area contributed by atoms with E-state index in [9.17, 15) is 15.8 Å². The molecule has 0 saturated heterocycles. The molecule has 0 bridgehead atoms. The number of nitrogens with zero attached hydrogens (tertiary/aromatic N) is 8. The molecule has 14 aromatic rings. The summed E-state index contributed by atoms with van der Waals surface area (Å²) in [6, 6.07) is 93.5. The van der Waals surface area contributed by atoms with Crippen molar-refractivity contribution in [2.75, 3.05) is 0 Å². The van der Waals surface area contributed by atoms with E-state index in [0.29, 0.717) is 34.2 Å². The van der Waals surface area contributed by atoms with Crippen molar-refractivity contribution >= 4 is 43.6 Å². The van der Waals surface area contributed by atoms with Crippen LogP contribution in [0.1, 0.15) is 16.7 Å². The largest absolute Gasteiger partial charge is 0.309 e. The van der Waals surface area contributed by atoms with Crippen LogP contribution in [0.5, 0.6) is 0 Å². The normalized spacial score (nSPS) is 11.2. The summed E-state index contributed by atoms with van der Waals surface area (Å²) in [6.07, 6.45) is 0. The number of rotatable bonds is 9. The zero-order valence-electron chi connectivity index (χ0n) is 42.8. The maximum absolute atomic E-state index is 9.83. The van der Waals surface area contributed by atoms with Crippen LogP contribution in [0.15, 0.2) is 255 Å². The first-order chi connectivity index (χ1) is 39.5. The Hall–Kier alpha value is -11.5. The van der Waals surface area contributed by atoms with Crippen LogP contribution in [-0.4, -0.2) is 24.1 Å². The first kappa shape index (κ1) is 47.0. The van der Waals surface area contributed by atoms with E-state index in [1.54, 1.807) is 0 Å². The van der Waals surface area contributed by atoms with Crippen molar-refractivity contribution in [3.05, 3.63) is 271 Å². The zero-order valence-corrected chi connectivity index (χ0v) is 42.8. The van der Waals surface area contributed by atoms with Gasteiger partial charge >= 0.3 is 0 Å². The van der Waals surface area contributed by atoms with Crippen molar-refractivity contribution in [1.29, 1.82) is 15.8 Å². The predicted octanol–water partition coefficient (Wildman–Crippen LogP) is 17.3. The minimum atomic E-state index is 0.500. The van der Waals surface area contributed by atoms with Gasteiger partial charge < -0.3 is 9.13 Å². The van der Waals surface area contributed by atoms with E-state index in [-0.39, 0.29) is 0 Å². The van der Waals surface area contributed by atoms with Crippen molar-refractivity contribution < 1.29 is 0 Å². The van der Waals surface area contributed by atoms with Gasteiger partial charge in [-0.25, -0.2) is 15.0 Å². The van der Waals surface area contributed by atoms with E-state index >= 15 is 0 Å². The molecule has 0 spiro atoms. The van der Waals surface area contributed by atoms with Crippen LogP contribution in [0, 0.1) is 34.0 Å². The van der Waals surface area contributed by atoms with Gasteiger partial charge in [-0.15, -0.1) is 0 Å². The predicted molar refractivity (Wildman–Crippen MR) is 321 cm³/mol. The molecule has 0 unspecified atom stereocenters. The molecule has 3 aromatic heterocycles. The highest BCUT2D eigenvalue weighted by atomic mass is 15.1.